The summed E-state index contributed by atoms with van der Waals surface area (Å²) in [5.74, 6) is 0.869. The SMILES string of the molecule is COc1ccc(CCCNC(=O)N2c3ccccc3CC2C)cc1. The number of hydrogen-bond donors (Lipinski definition) is 1. The monoisotopic (exact) mass is 324 g/mol. The smallest absolute Gasteiger partial charge is 0.322 e. The minimum atomic E-state index is 0.00202. The van der Waals surface area contributed by atoms with Crippen LogP contribution in [0.15, 0.2) is 48.5 Å². The van der Waals surface area contributed by atoms with Crippen molar-refractivity contribution in [3.8, 4) is 5.75 Å². The third-order valence-corrected chi connectivity index (χ3v) is 4.50. The fourth-order valence-corrected chi connectivity index (χ4v) is 3.24. The first-order valence-corrected chi connectivity index (χ1v) is 8.47. The molecule has 2 aromatic rings. The van der Waals surface area contributed by atoms with Crippen molar-refractivity contribution in [3.05, 3.63) is 59.7 Å². The van der Waals surface area contributed by atoms with E-state index in [0.29, 0.717) is 6.54 Å². The summed E-state index contributed by atoms with van der Waals surface area (Å²) in [6.07, 6.45) is 2.79. The Hall–Kier alpha value is -2.49. The minimum Gasteiger partial charge on any atom is -0.497 e. The minimum absolute atomic E-state index is 0.00202. The molecule has 4 nitrogen and oxygen atoms in total. The number of anilines is 1. The largest absolute Gasteiger partial charge is 0.497 e. The van der Waals surface area contributed by atoms with E-state index in [9.17, 15) is 4.79 Å². The Balaban J connectivity index is 1.49. The molecule has 2 amide bonds. The van der Waals surface area contributed by atoms with Gasteiger partial charge in [0, 0.05) is 18.3 Å². The molecule has 1 N–H and O–H groups in total. The fraction of sp³-hybridized carbons (Fsp3) is 0.350. The van der Waals surface area contributed by atoms with E-state index in [2.05, 4.69) is 30.4 Å². The highest BCUT2D eigenvalue weighted by Gasteiger charge is 2.30. The Kier molecular flexibility index (Phi) is 5.04. The zero-order valence-electron chi connectivity index (χ0n) is 14.3. The molecule has 3 rings (SSSR count). The van der Waals surface area contributed by atoms with Gasteiger partial charge >= 0.3 is 6.03 Å². The van der Waals surface area contributed by atoms with E-state index in [1.807, 2.05) is 35.2 Å². The average Bonchev–Trinajstić information content (AvgIpc) is 2.95. The maximum Gasteiger partial charge on any atom is 0.322 e. The van der Waals surface area contributed by atoms with Crippen molar-refractivity contribution in [1.82, 2.24) is 5.32 Å². The van der Waals surface area contributed by atoms with Crippen LogP contribution in [-0.2, 0) is 12.8 Å². The normalized spacial score (nSPS) is 15.9. The number of nitrogens with zero attached hydrogens (tertiary/aromatic N) is 1. The molecule has 1 aliphatic heterocycles. The van der Waals surface area contributed by atoms with Gasteiger partial charge in [0.25, 0.3) is 0 Å². The van der Waals surface area contributed by atoms with Gasteiger partial charge in [0.1, 0.15) is 5.75 Å². The molecule has 2 aromatic carbocycles. The number of rotatable bonds is 5. The van der Waals surface area contributed by atoms with E-state index < -0.39 is 0 Å². The van der Waals surface area contributed by atoms with Crippen molar-refractivity contribution in [1.29, 1.82) is 0 Å². The van der Waals surface area contributed by atoms with Gasteiger partial charge in [-0.15, -0.1) is 0 Å². The van der Waals surface area contributed by atoms with Gasteiger partial charge in [-0.2, -0.15) is 0 Å². The molecule has 0 spiro atoms. The first-order valence-electron chi connectivity index (χ1n) is 8.47. The van der Waals surface area contributed by atoms with Gasteiger partial charge in [-0.25, -0.2) is 4.79 Å². The number of methoxy groups -OCH3 is 1. The van der Waals surface area contributed by atoms with Gasteiger partial charge in [0.05, 0.1) is 7.11 Å². The highest BCUT2D eigenvalue weighted by molar-refractivity contribution is 5.94. The number of hydrogen-bond acceptors (Lipinski definition) is 2. The molecular weight excluding hydrogens is 300 g/mol. The standard InChI is InChI=1S/C20H24N2O2/c1-15-14-17-7-3-4-8-19(17)22(15)20(23)21-13-5-6-16-9-11-18(24-2)12-10-16/h3-4,7-12,15H,5-6,13-14H2,1-2H3,(H,21,23). The van der Waals surface area contributed by atoms with Crippen LogP contribution in [0.3, 0.4) is 0 Å². The quantitative estimate of drug-likeness (QED) is 0.850. The molecule has 0 aromatic heterocycles. The molecule has 0 aliphatic carbocycles. The molecule has 1 unspecified atom stereocenters. The molecule has 24 heavy (non-hydrogen) atoms. The molecule has 1 aliphatic rings. The number of carbonyl (C=O) groups excluding carboxylic acids is 1. The van der Waals surface area contributed by atoms with E-state index in [4.69, 9.17) is 4.74 Å². The van der Waals surface area contributed by atoms with E-state index in [-0.39, 0.29) is 12.1 Å². The van der Waals surface area contributed by atoms with Gasteiger partial charge in [0.15, 0.2) is 0 Å². The summed E-state index contributed by atoms with van der Waals surface area (Å²) in [6, 6.07) is 16.4. The van der Waals surface area contributed by atoms with Crippen LogP contribution in [0.1, 0.15) is 24.5 Å². The number of benzene rings is 2. The van der Waals surface area contributed by atoms with Crippen LogP contribution >= 0.6 is 0 Å². The maximum absolute atomic E-state index is 12.5. The van der Waals surface area contributed by atoms with Crippen molar-refractivity contribution in [2.45, 2.75) is 32.2 Å². The molecule has 126 valence electrons. The number of fused-ring (bicyclic) bond motifs is 1. The summed E-state index contributed by atoms with van der Waals surface area (Å²) in [7, 11) is 1.67. The second-order valence-corrected chi connectivity index (χ2v) is 6.24. The fourth-order valence-electron chi connectivity index (χ4n) is 3.24. The topological polar surface area (TPSA) is 41.6 Å². The van der Waals surface area contributed by atoms with Crippen LogP contribution in [-0.4, -0.2) is 25.7 Å². The van der Waals surface area contributed by atoms with Crippen LogP contribution in [0.25, 0.3) is 0 Å². The number of amides is 2. The van der Waals surface area contributed by atoms with Crippen molar-refractivity contribution in [3.63, 3.8) is 0 Å². The van der Waals surface area contributed by atoms with Crippen LogP contribution in [0.4, 0.5) is 10.5 Å². The predicted molar refractivity (Wildman–Crippen MR) is 96.8 cm³/mol. The number of nitrogens with one attached hydrogen (secondary N) is 1. The molecule has 0 fully saturated rings. The molecule has 4 heteroatoms. The lowest BCUT2D eigenvalue weighted by Crippen LogP contribution is -2.43. The van der Waals surface area contributed by atoms with E-state index in [0.717, 1.165) is 30.7 Å². The summed E-state index contributed by atoms with van der Waals surface area (Å²) in [4.78, 5) is 14.4. The summed E-state index contributed by atoms with van der Waals surface area (Å²) >= 11 is 0. The number of urea groups is 1. The number of para-hydroxylation sites is 1. The highest BCUT2D eigenvalue weighted by Crippen LogP contribution is 2.31. The van der Waals surface area contributed by atoms with Crippen molar-refractivity contribution >= 4 is 11.7 Å². The van der Waals surface area contributed by atoms with Gasteiger partial charge < -0.3 is 10.1 Å². The zero-order chi connectivity index (χ0) is 16.9. The summed E-state index contributed by atoms with van der Waals surface area (Å²) in [5, 5.41) is 3.05. The van der Waals surface area contributed by atoms with Crippen LogP contribution < -0.4 is 15.0 Å². The third-order valence-electron chi connectivity index (χ3n) is 4.50. The lowest BCUT2D eigenvalue weighted by molar-refractivity contribution is 0.245. The molecule has 1 heterocycles. The molecule has 0 bridgehead atoms. The molecular formula is C20H24N2O2. The predicted octanol–water partition coefficient (Wildman–Crippen LogP) is 3.79. The number of carbonyl (C=O) groups is 1. The Morgan fingerprint density at radius 2 is 1.96 bits per heavy atom. The van der Waals surface area contributed by atoms with Gasteiger partial charge in [-0.3, -0.25) is 4.90 Å². The Morgan fingerprint density at radius 3 is 2.71 bits per heavy atom. The third kappa shape index (κ3) is 3.53. The van der Waals surface area contributed by atoms with Crippen molar-refractivity contribution < 1.29 is 9.53 Å². The first kappa shape index (κ1) is 16.4. The molecule has 0 radical (unpaired) electrons. The van der Waals surface area contributed by atoms with Crippen LogP contribution in [0.5, 0.6) is 5.75 Å². The van der Waals surface area contributed by atoms with Crippen LogP contribution in [0, 0.1) is 0 Å². The van der Waals surface area contributed by atoms with E-state index in [1.165, 1.54) is 11.1 Å². The molecule has 1 atom stereocenters. The average molecular weight is 324 g/mol. The Bertz CT molecular complexity index is 697. The number of ether oxygens (including phenoxy) is 1. The Labute approximate surface area is 143 Å². The van der Waals surface area contributed by atoms with Crippen molar-refractivity contribution in [2.24, 2.45) is 0 Å². The summed E-state index contributed by atoms with van der Waals surface area (Å²) in [6.45, 7) is 2.77. The van der Waals surface area contributed by atoms with Gasteiger partial charge in [-0.05, 0) is 55.5 Å². The highest BCUT2D eigenvalue weighted by atomic mass is 16.5. The molecule has 0 saturated heterocycles. The van der Waals surface area contributed by atoms with Gasteiger partial charge in [0.2, 0.25) is 0 Å². The van der Waals surface area contributed by atoms with E-state index in [1.54, 1.807) is 7.11 Å². The number of aryl methyl sites for hydroxylation is 1. The van der Waals surface area contributed by atoms with Gasteiger partial charge in [-0.1, -0.05) is 30.3 Å². The summed E-state index contributed by atoms with van der Waals surface area (Å²) < 4.78 is 5.16. The zero-order valence-corrected chi connectivity index (χ0v) is 14.3. The maximum atomic E-state index is 12.5. The van der Waals surface area contributed by atoms with Crippen LogP contribution in [0.2, 0.25) is 0 Å². The second kappa shape index (κ2) is 7.39. The second-order valence-electron chi connectivity index (χ2n) is 6.24. The lowest BCUT2D eigenvalue weighted by atomic mass is 10.1. The molecule has 0 saturated carbocycles. The van der Waals surface area contributed by atoms with Crippen molar-refractivity contribution in [2.75, 3.05) is 18.6 Å². The lowest BCUT2D eigenvalue weighted by Gasteiger charge is -2.23. The Morgan fingerprint density at radius 1 is 1.21 bits per heavy atom. The summed E-state index contributed by atoms with van der Waals surface area (Å²) in [5.41, 5.74) is 3.54. The van der Waals surface area contributed by atoms with E-state index >= 15 is 0 Å². The first-order chi connectivity index (χ1) is 11.7.